The highest BCUT2D eigenvalue weighted by atomic mass is 32.2. The molecular formula is C34H7F17N4S2. The second kappa shape index (κ2) is 14.4. The van der Waals surface area contributed by atoms with Crippen LogP contribution in [0.4, 0.5) is 74.6 Å². The molecule has 0 fully saturated rings. The van der Waals surface area contributed by atoms with Gasteiger partial charge in [0, 0.05) is 37.8 Å². The fourth-order valence-corrected chi connectivity index (χ4v) is 8.01. The third kappa shape index (κ3) is 6.93. The Balaban J connectivity index is 2.30. The number of fused-ring (bicyclic) bond motifs is 2. The number of thioether (sulfide) groups is 2. The molecule has 0 saturated heterocycles. The van der Waals surface area contributed by atoms with E-state index >= 15 is 35.1 Å². The molecule has 0 N–H and O–H groups in total. The summed E-state index contributed by atoms with van der Waals surface area (Å²) in [6.45, 7) is 15.3. The van der Waals surface area contributed by atoms with Crippen molar-refractivity contribution in [1.29, 1.82) is 10.5 Å². The predicted octanol–water partition coefficient (Wildman–Crippen LogP) is 10.3. The van der Waals surface area contributed by atoms with Gasteiger partial charge in [0.05, 0.1) is 16.7 Å². The van der Waals surface area contributed by atoms with Crippen LogP contribution in [0.15, 0.2) is 32.3 Å². The quantitative estimate of drug-likeness (QED) is 0.0863. The van der Waals surface area contributed by atoms with Crippen molar-refractivity contribution in [2.75, 3.05) is 0 Å². The molecule has 5 rings (SSSR count). The lowest BCUT2D eigenvalue weighted by Crippen LogP contribution is -2.27. The summed E-state index contributed by atoms with van der Waals surface area (Å²) in [4.78, 5) is 2.34. The molecule has 3 aromatic rings. The Morgan fingerprint density at radius 1 is 0.579 bits per heavy atom. The Labute approximate surface area is 314 Å². The maximum Gasteiger partial charge on any atom is 0.523 e. The number of nitrogens with zero attached hydrogens (tertiary/aromatic N) is 4. The SMILES string of the molecule is [C-]#[N+]C([N+]#[C-])=C1Cc2c(SC(F)(F)F)c3c(c(SC(F)(F)F)c2=C1c1c(F)c(F)c(C)c(F)c1F)CC(=C(C#N)C#N)C=3c1c(F)c(F)c(C(F)(F)F)c(F)c1F. The van der Waals surface area contributed by atoms with Gasteiger partial charge in [-0.2, -0.15) is 59.7 Å². The predicted molar refractivity (Wildman–Crippen MR) is 163 cm³/mol. The van der Waals surface area contributed by atoms with Gasteiger partial charge in [0.2, 0.25) is 0 Å². The van der Waals surface area contributed by atoms with Crippen molar-refractivity contribution in [3.05, 3.63) is 136 Å². The van der Waals surface area contributed by atoms with Crippen LogP contribution in [0, 0.1) is 89.3 Å². The maximum absolute atomic E-state index is 15.7. The van der Waals surface area contributed by atoms with Crippen LogP contribution in [0.1, 0.15) is 33.4 Å². The van der Waals surface area contributed by atoms with E-state index in [-0.39, 0.29) is 0 Å². The molecule has 4 nitrogen and oxygen atoms in total. The molecule has 0 saturated carbocycles. The molecular weight excluding hydrogens is 852 g/mol. The highest BCUT2D eigenvalue weighted by Crippen LogP contribution is 2.49. The summed E-state index contributed by atoms with van der Waals surface area (Å²) in [5.41, 5.74) is -29.9. The molecule has 2 aliphatic rings. The van der Waals surface area contributed by atoms with Crippen molar-refractivity contribution in [2.24, 2.45) is 0 Å². The lowest BCUT2D eigenvalue weighted by Gasteiger charge is -2.18. The minimum Gasteiger partial charge on any atom is -0.203 e. The van der Waals surface area contributed by atoms with Crippen LogP contribution in [-0.4, -0.2) is 11.0 Å². The molecule has 0 spiro atoms. The molecule has 0 bridgehead atoms. The molecule has 23 heteroatoms. The zero-order chi connectivity index (χ0) is 43.0. The summed E-state index contributed by atoms with van der Waals surface area (Å²) < 4.78 is 250. The standard InChI is InChI=1S/C34H7F17N4S2/c1-8-21(35)23(37)19(24(38)22(8)36)15-13(31(54-2)55-3)5-12-17(15)29(56-33(46,47)48)11-4-10(9(6-52)7-53)14(16(11)30(12)57-34(49,50)51)18-25(39)27(41)20(32(43,44)45)28(42)26(18)40/h4-5H2,1H3. The molecule has 294 valence electrons. The fourth-order valence-electron chi connectivity index (χ4n) is 6.29. The highest BCUT2D eigenvalue weighted by Gasteiger charge is 2.47. The molecule has 0 unspecified atom stereocenters. The molecule has 0 radical (unpaired) electrons. The van der Waals surface area contributed by atoms with Crippen molar-refractivity contribution in [3.8, 4) is 12.1 Å². The normalized spacial score (nSPS) is 13.9. The largest absolute Gasteiger partial charge is 0.523 e. The first kappa shape index (κ1) is 42.5. The lowest BCUT2D eigenvalue weighted by atomic mass is 9.93. The Bertz CT molecular complexity index is 2640. The Kier molecular flexibility index (Phi) is 10.7. The molecule has 0 aliphatic heterocycles. The van der Waals surface area contributed by atoms with E-state index in [0.29, 0.717) is 6.92 Å². The minimum atomic E-state index is -6.19. The molecule has 0 heterocycles. The molecule has 0 aromatic heterocycles. The summed E-state index contributed by atoms with van der Waals surface area (Å²) in [6, 6.07) is 2.19. The van der Waals surface area contributed by atoms with E-state index in [2.05, 4.69) is 9.69 Å². The number of halogens is 17. The fraction of sp³-hybridized carbons (Fsp3) is 0.176. The monoisotopic (exact) mass is 858 g/mol. The van der Waals surface area contributed by atoms with Crippen LogP contribution in [0.2, 0.25) is 0 Å². The van der Waals surface area contributed by atoms with Gasteiger partial charge in [-0.05, 0) is 59.1 Å². The average Bonchev–Trinajstić information content (AvgIpc) is 3.67. The van der Waals surface area contributed by atoms with E-state index in [1.807, 2.05) is 0 Å². The maximum atomic E-state index is 15.7. The number of rotatable bonds is 4. The van der Waals surface area contributed by atoms with Crippen molar-refractivity contribution in [3.63, 3.8) is 0 Å². The molecule has 3 aromatic carbocycles. The van der Waals surface area contributed by atoms with Gasteiger partial charge in [0.15, 0.2) is 46.5 Å². The number of allylic oxidation sites excluding steroid dienone is 3. The molecule has 57 heavy (non-hydrogen) atoms. The van der Waals surface area contributed by atoms with E-state index in [1.54, 1.807) is 0 Å². The van der Waals surface area contributed by atoms with Gasteiger partial charge >= 0.3 is 23.0 Å². The third-order valence-electron chi connectivity index (χ3n) is 8.39. The smallest absolute Gasteiger partial charge is 0.203 e. The lowest BCUT2D eigenvalue weighted by molar-refractivity contribution is -0.143. The Morgan fingerprint density at radius 3 is 1.26 bits per heavy atom. The van der Waals surface area contributed by atoms with E-state index in [1.165, 1.54) is 0 Å². The van der Waals surface area contributed by atoms with Gasteiger partial charge in [-0.15, -0.1) is 0 Å². The van der Waals surface area contributed by atoms with Crippen molar-refractivity contribution in [1.82, 2.24) is 0 Å². The third-order valence-corrected chi connectivity index (χ3v) is 10.2. The van der Waals surface area contributed by atoms with E-state index in [9.17, 15) is 50.0 Å². The molecule has 0 atom stereocenters. The summed E-state index contributed by atoms with van der Waals surface area (Å²) in [5, 5.41) is 16.4. The van der Waals surface area contributed by atoms with Crippen LogP contribution >= 0.6 is 23.5 Å². The van der Waals surface area contributed by atoms with E-state index in [4.69, 9.17) is 13.1 Å². The van der Waals surface area contributed by atoms with Gasteiger partial charge < -0.3 is 0 Å². The number of hydrogen-bond donors (Lipinski definition) is 0. The van der Waals surface area contributed by atoms with E-state index < -0.39 is 187 Å². The van der Waals surface area contributed by atoms with Gasteiger partial charge in [0.1, 0.15) is 36.4 Å². The van der Waals surface area contributed by atoms with Crippen LogP contribution in [0.3, 0.4) is 0 Å². The zero-order valence-corrected chi connectivity index (χ0v) is 28.6. The van der Waals surface area contributed by atoms with Crippen molar-refractivity contribution >= 4 is 34.7 Å². The summed E-state index contributed by atoms with van der Waals surface area (Å²) >= 11 is -2.77. The summed E-state index contributed by atoms with van der Waals surface area (Å²) in [6.07, 6.45) is -9.23. The Hall–Kier alpha value is -5.65. The topological polar surface area (TPSA) is 56.3 Å². The number of nitriles is 2. The first-order valence-corrected chi connectivity index (χ1v) is 16.2. The van der Waals surface area contributed by atoms with Gasteiger partial charge in [-0.25, -0.2) is 35.1 Å². The van der Waals surface area contributed by atoms with Crippen LogP contribution in [0.25, 0.3) is 20.8 Å². The second-order valence-corrected chi connectivity index (χ2v) is 13.6. The first-order valence-electron chi connectivity index (χ1n) is 14.5. The molecule has 2 aliphatic carbocycles. The summed E-state index contributed by atoms with van der Waals surface area (Å²) in [5.74, 6) is -23.0. The molecule has 0 amide bonds. The van der Waals surface area contributed by atoms with Crippen molar-refractivity contribution in [2.45, 2.75) is 46.7 Å². The van der Waals surface area contributed by atoms with Gasteiger partial charge in [-0.3, -0.25) is 0 Å². The average molecular weight is 859 g/mol. The van der Waals surface area contributed by atoms with Gasteiger partial charge in [-0.1, -0.05) is 0 Å². The van der Waals surface area contributed by atoms with Crippen LogP contribution in [-0.2, 0) is 19.0 Å². The van der Waals surface area contributed by atoms with E-state index in [0.717, 1.165) is 12.1 Å². The second-order valence-electron chi connectivity index (χ2n) is 11.4. The van der Waals surface area contributed by atoms with Crippen LogP contribution < -0.4 is 10.4 Å². The van der Waals surface area contributed by atoms with Gasteiger partial charge in [0.25, 0.3) is 0 Å². The van der Waals surface area contributed by atoms with Crippen LogP contribution in [0.5, 0.6) is 0 Å². The van der Waals surface area contributed by atoms with Crippen molar-refractivity contribution < 1.29 is 74.6 Å². The zero-order valence-electron chi connectivity index (χ0n) is 26.9. The first-order chi connectivity index (χ1) is 26.3. The number of hydrogen-bond acceptors (Lipinski definition) is 4. The highest BCUT2D eigenvalue weighted by molar-refractivity contribution is 8.00. The number of alkyl halides is 9. The number of benzene rings is 3. The minimum absolute atomic E-state index is 0.503. The summed E-state index contributed by atoms with van der Waals surface area (Å²) in [7, 11) is 0. The Morgan fingerprint density at radius 2 is 0.930 bits per heavy atom.